The van der Waals surface area contributed by atoms with Crippen molar-refractivity contribution in [2.24, 2.45) is 5.92 Å². The smallest absolute Gasteiger partial charge is 0.408 e. The van der Waals surface area contributed by atoms with Crippen LogP contribution in [0.4, 0.5) is 18.4 Å². The molecule has 0 aliphatic carbocycles. The lowest BCUT2D eigenvalue weighted by Crippen LogP contribution is -2.64. The van der Waals surface area contributed by atoms with Crippen molar-refractivity contribution in [2.75, 3.05) is 0 Å². The highest BCUT2D eigenvalue weighted by molar-refractivity contribution is 6.27. The third-order valence-electron chi connectivity index (χ3n) is 4.46. The van der Waals surface area contributed by atoms with Crippen molar-refractivity contribution in [3.05, 3.63) is 35.9 Å². The number of hydrogen-bond acceptors (Lipinski definition) is 6. The summed E-state index contributed by atoms with van der Waals surface area (Å²) in [6, 6.07) is 2.73. The third kappa shape index (κ3) is 5.27. The number of rotatable bonds is 6. The van der Waals surface area contributed by atoms with Gasteiger partial charge in [0, 0.05) is 6.04 Å². The number of Topliss-reactive ketones (excluding diaryl/α,β-unsaturated/α-hetero) is 1. The van der Waals surface area contributed by atoms with Crippen LogP contribution in [0.2, 0.25) is 0 Å². The number of nitrogens with zero attached hydrogens (tertiary/aromatic N) is 1. The maximum absolute atomic E-state index is 15.5. The molecule has 32 heavy (non-hydrogen) atoms. The lowest BCUT2D eigenvalue weighted by Gasteiger charge is -2.35. The van der Waals surface area contributed by atoms with Gasteiger partial charge in [-0.05, 0) is 40.2 Å². The second kappa shape index (κ2) is 9.01. The molecule has 0 bridgehead atoms. The van der Waals surface area contributed by atoms with E-state index in [0.29, 0.717) is 4.90 Å². The molecule has 2 rings (SSSR count). The van der Waals surface area contributed by atoms with Gasteiger partial charge in [0.15, 0.2) is 5.92 Å². The molecular weight excluding hydrogens is 428 g/mol. The molecule has 1 heterocycles. The number of alkyl carbamates (subject to hydrolysis) is 1. The Balaban J connectivity index is 2.45. The minimum absolute atomic E-state index is 0.155. The number of carbonyl (C=O) groups excluding carboxylic acids is 5. The normalized spacial score (nSPS) is 18.3. The molecular formula is C21H25F2N3O6. The summed E-state index contributed by atoms with van der Waals surface area (Å²) in [7, 11) is 0. The van der Waals surface area contributed by atoms with Gasteiger partial charge in [-0.3, -0.25) is 24.6 Å². The van der Waals surface area contributed by atoms with Crippen molar-refractivity contribution in [1.82, 2.24) is 15.5 Å². The van der Waals surface area contributed by atoms with Crippen molar-refractivity contribution in [2.45, 2.75) is 58.2 Å². The molecule has 1 aliphatic rings. The highest BCUT2D eigenvalue weighted by Crippen LogP contribution is 2.36. The molecule has 11 heteroatoms. The summed E-state index contributed by atoms with van der Waals surface area (Å²) in [5.41, 5.74) is -1.17. The van der Waals surface area contributed by atoms with Crippen LogP contribution in [0, 0.1) is 5.92 Å². The maximum Gasteiger partial charge on any atom is 0.408 e. The molecule has 1 unspecified atom stereocenters. The Hall–Kier alpha value is -3.37. The van der Waals surface area contributed by atoms with Crippen LogP contribution in [0.25, 0.3) is 0 Å². The van der Waals surface area contributed by atoms with E-state index in [-0.39, 0.29) is 5.56 Å². The van der Waals surface area contributed by atoms with Gasteiger partial charge in [0.1, 0.15) is 11.6 Å². The summed E-state index contributed by atoms with van der Waals surface area (Å²) < 4.78 is 35.9. The highest BCUT2D eigenvalue weighted by Gasteiger charge is 2.58. The zero-order valence-electron chi connectivity index (χ0n) is 18.3. The molecule has 9 nitrogen and oxygen atoms in total. The topological polar surface area (TPSA) is 122 Å². The van der Waals surface area contributed by atoms with E-state index in [1.807, 2.05) is 5.32 Å². The van der Waals surface area contributed by atoms with E-state index in [9.17, 15) is 24.0 Å². The minimum atomic E-state index is -4.40. The number of alkyl halides is 2. The van der Waals surface area contributed by atoms with Gasteiger partial charge in [-0.25, -0.2) is 9.59 Å². The van der Waals surface area contributed by atoms with Crippen molar-refractivity contribution in [1.29, 1.82) is 0 Å². The maximum atomic E-state index is 15.5. The van der Waals surface area contributed by atoms with E-state index in [1.165, 1.54) is 65.0 Å². The van der Waals surface area contributed by atoms with E-state index < -0.39 is 59.2 Å². The average Bonchev–Trinajstić information content (AvgIpc) is 2.64. The first kappa shape index (κ1) is 24.9. The van der Waals surface area contributed by atoms with Crippen molar-refractivity contribution in [3.63, 3.8) is 0 Å². The Morgan fingerprint density at radius 2 is 1.66 bits per heavy atom. The monoisotopic (exact) mass is 453 g/mol. The number of halogens is 2. The Morgan fingerprint density at radius 1 is 1.09 bits per heavy atom. The van der Waals surface area contributed by atoms with Crippen molar-refractivity contribution < 1.29 is 37.5 Å². The van der Waals surface area contributed by atoms with Gasteiger partial charge < -0.3 is 10.1 Å². The van der Waals surface area contributed by atoms with Gasteiger partial charge in [-0.2, -0.15) is 8.78 Å². The zero-order chi connectivity index (χ0) is 24.4. The van der Waals surface area contributed by atoms with Crippen LogP contribution in [-0.4, -0.2) is 52.2 Å². The van der Waals surface area contributed by atoms with Crippen LogP contribution in [0.15, 0.2) is 30.3 Å². The second-order valence-corrected chi connectivity index (χ2v) is 8.51. The van der Waals surface area contributed by atoms with E-state index in [2.05, 4.69) is 0 Å². The first-order valence-corrected chi connectivity index (χ1v) is 9.81. The Bertz CT molecular complexity index is 927. The van der Waals surface area contributed by atoms with Crippen LogP contribution in [0.3, 0.4) is 0 Å². The lowest BCUT2D eigenvalue weighted by atomic mass is 9.88. The number of carbonyl (C=O) groups is 5. The highest BCUT2D eigenvalue weighted by atomic mass is 19.3. The summed E-state index contributed by atoms with van der Waals surface area (Å²) >= 11 is 0. The van der Waals surface area contributed by atoms with Crippen LogP contribution < -0.4 is 10.6 Å². The summed E-state index contributed by atoms with van der Waals surface area (Å²) in [6.07, 6.45) is -1.22. The molecule has 5 amide bonds. The number of nitrogens with one attached hydrogen (secondary N) is 2. The molecule has 1 aromatic rings. The molecule has 1 aliphatic heterocycles. The number of ether oxygens (including phenoxy) is 1. The van der Waals surface area contributed by atoms with Gasteiger partial charge in [-0.15, -0.1) is 0 Å². The number of barbiturate groups is 1. The fourth-order valence-corrected chi connectivity index (χ4v) is 3.10. The number of imide groups is 2. The molecule has 1 aromatic carbocycles. The summed E-state index contributed by atoms with van der Waals surface area (Å²) in [5.74, 6) is -11.7. The molecule has 0 radical (unpaired) electrons. The number of hydrogen-bond donors (Lipinski definition) is 2. The molecule has 0 saturated carbocycles. The van der Waals surface area contributed by atoms with Crippen LogP contribution >= 0.6 is 0 Å². The summed E-state index contributed by atoms with van der Waals surface area (Å²) in [6.45, 7) is 7.41. The van der Waals surface area contributed by atoms with E-state index in [4.69, 9.17) is 4.74 Å². The van der Waals surface area contributed by atoms with Gasteiger partial charge >= 0.3 is 18.0 Å². The molecule has 0 aromatic heterocycles. The molecule has 1 saturated heterocycles. The predicted octanol–water partition coefficient (Wildman–Crippen LogP) is 2.56. The zero-order valence-corrected chi connectivity index (χ0v) is 18.3. The number of ketones is 1. The fraction of sp³-hybridized carbons (Fsp3) is 0.476. The van der Waals surface area contributed by atoms with Gasteiger partial charge in [0.2, 0.25) is 11.7 Å². The Labute approximate surface area is 183 Å². The largest absolute Gasteiger partial charge is 0.444 e. The van der Waals surface area contributed by atoms with Gasteiger partial charge in [0.05, 0.1) is 0 Å². The second-order valence-electron chi connectivity index (χ2n) is 8.51. The van der Waals surface area contributed by atoms with Crippen LogP contribution in [-0.2, 0) is 19.1 Å². The average molecular weight is 453 g/mol. The van der Waals surface area contributed by atoms with Gasteiger partial charge in [-0.1, -0.05) is 30.3 Å². The molecule has 0 spiro atoms. The number of benzene rings is 1. The summed E-state index contributed by atoms with van der Waals surface area (Å²) in [4.78, 5) is 62.3. The Morgan fingerprint density at radius 3 is 2.16 bits per heavy atom. The van der Waals surface area contributed by atoms with Crippen LogP contribution in [0.5, 0.6) is 0 Å². The summed E-state index contributed by atoms with van der Waals surface area (Å²) in [5, 5.41) is 3.72. The fourth-order valence-electron chi connectivity index (χ4n) is 3.10. The molecule has 2 atom stereocenters. The van der Waals surface area contributed by atoms with Crippen LogP contribution in [0.1, 0.15) is 46.2 Å². The predicted molar refractivity (Wildman–Crippen MR) is 108 cm³/mol. The number of urea groups is 1. The van der Waals surface area contributed by atoms with Crippen molar-refractivity contribution in [3.8, 4) is 0 Å². The third-order valence-corrected chi connectivity index (χ3v) is 4.46. The van der Waals surface area contributed by atoms with E-state index in [0.717, 1.165) is 0 Å². The molecule has 1 fully saturated rings. The SMILES string of the molecule is CC(C)N1C(=O)NC(=O)C(C(=O)C(F)(F)[C@@H](NC(=O)OC(C)(C)C)c2ccccc2)C1=O. The van der Waals surface area contributed by atoms with Crippen molar-refractivity contribution >= 4 is 29.7 Å². The van der Waals surface area contributed by atoms with Gasteiger partial charge in [0.25, 0.3) is 5.91 Å². The van der Waals surface area contributed by atoms with E-state index in [1.54, 1.807) is 5.32 Å². The first-order valence-electron chi connectivity index (χ1n) is 9.81. The quantitative estimate of drug-likeness (QED) is 0.639. The molecule has 2 N–H and O–H groups in total. The molecule has 174 valence electrons. The van der Waals surface area contributed by atoms with E-state index >= 15 is 8.78 Å². The standard InChI is InChI=1S/C21H25F2N3O6/c1-11(2)26-17(29)13(16(28)25-18(26)30)15(27)21(22,23)14(12-9-7-6-8-10-12)24-19(31)32-20(3,4)5/h6-11,13-14H,1-5H3,(H,24,31)(H,25,28,30)/t13?,14-/m0/s1. The first-order chi connectivity index (χ1) is 14.7. The lowest BCUT2D eigenvalue weighted by molar-refractivity contribution is -0.162. The number of amides is 5. The Kier molecular flexibility index (Phi) is 7.01. The minimum Gasteiger partial charge on any atom is -0.444 e.